The lowest BCUT2D eigenvalue weighted by molar-refractivity contribution is -0.159. The highest BCUT2D eigenvalue weighted by molar-refractivity contribution is 5.81. The quantitative estimate of drug-likeness (QED) is 0.527. The normalized spacial score (nSPS) is 34.6. The van der Waals surface area contributed by atoms with Crippen molar-refractivity contribution in [1.29, 1.82) is 0 Å². The Kier molecular flexibility index (Phi) is 3.67. The SMILES string of the molecule is C=CC(=O)OC12CCCCCC(CC1)CC2. The molecule has 3 rings (SSSR count). The molecule has 90 valence electrons. The highest BCUT2D eigenvalue weighted by Crippen LogP contribution is 2.42. The molecule has 2 bridgehead atoms. The topological polar surface area (TPSA) is 26.3 Å². The Hall–Kier alpha value is -0.790. The molecule has 0 heterocycles. The molecule has 3 aliphatic rings. The van der Waals surface area contributed by atoms with Crippen LogP contribution >= 0.6 is 0 Å². The molecule has 3 fully saturated rings. The molecular formula is C14H22O2. The molecule has 0 amide bonds. The summed E-state index contributed by atoms with van der Waals surface area (Å²) in [6.45, 7) is 3.49. The van der Waals surface area contributed by atoms with Crippen molar-refractivity contribution in [2.45, 2.75) is 63.4 Å². The van der Waals surface area contributed by atoms with E-state index in [-0.39, 0.29) is 11.6 Å². The van der Waals surface area contributed by atoms with E-state index in [1.807, 2.05) is 0 Å². The highest BCUT2D eigenvalue weighted by atomic mass is 16.6. The Morgan fingerprint density at radius 2 is 1.88 bits per heavy atom. The third-order valence-corrected chi connectivity index (χ3v) is 4.24. The zero-order valence-corrected chi connectivity index (χ0v) is 10.0. The summed E-state index contributed by atoms with van der Waals surface area (Å²) >= 11 is 0. The first-order chi connectivity index (χ1) is 7.74. The molecule has 0 spiro atoms. The van der Waals surface area contributed by atoms with Crippen LogP contribution in [0.2, 0.25) is 0 Å². The summed E-state index contributed by atoms with van der Waals surface area (Å²) in [5.41, 5.74) is -0.147. The van der Waals surface area contributed by atoms with Gasteiger partial charge < -0.3 is 4.74 Å². The first-order valence-electron chi connectivity index (χ1n) is 6.59. The molecule has 0 atom stereocenters. The summed E-state index contributed by atoms with van der Waals surface area (Å²) in [4.78, 5) is 11.4. The van der Waals surface area contributed by atoms with Gasteiger partial charge in [0.05, 0.1) is 0 Å². The minimum absolute atomic E-state index is 0.147. The Bertz CT molecular complexity index is 256. The van der Waals surface area contributed by atoms with Crippen molar-refractivity contribution in [2.75, 3.05) is 0 Å². The summed E-state index contributed by atoms with van der Waals surface area (Å²) < 4.78 is 5.65. The van der Waals surface area contributed by atoms with Gasteiger partial charge in [0.1, 0.15) is 5.60 Å². The average molecular weight is 222 g/mol. The van der Waals surface area contributed by atoms with Gasteiger partial charge in [0, 0.05) is 6.08 Å². The molecule has 0 aromatic carbocycles. The van der Waals surface area contributed by atoms with E-state index in [0.29, 0.717) is 0 Å². The number of carbonyl (C=O) groups excluding carboxylic acids is 1. The number of fused-ring (bicyclic) bond motifs is 6. The maximum absolute atomic E-state index is 11.4. The Morgan fingerprint density at radius 1 is 1.12 bits per heavy atom. The number of esters is 1. The van der Waals surface area contributed by atoms with Crippen LogP contribution in [0.3, 0.4) is 0 Å². The maximum atomic E-state index is 11.4. The Balaban J connectivity index is 2.05. The van der Waals surface area contributed by atoms with Crippen LogP contribution in [0.25, 0.3) is 0 Å². The second-order valence-electron chi connectivity index (χ2n) is 5.35. The second-order valence-corrected chi connectivity index (χ2v) is 5.35. The predicted octanol–water partition coefficient (Wildman–Crippen LogP) is 3.61. The summed E-state index contributed by atoms with van der Waals surface area (Å²) in [7, 11) is 0. The number of hydrogen-bond donors (Lipinski definition) is 0. The number of rotatable bonds is 2. The van der Waals surface area contributed by atoms with Crippen molar-refractivity contribution in [3.8, 4) is 0 Å². The van der Waals surface area contributed by atoms with Gasteiger partial charge >= 0.3 is 5.97 Å². The predicted molar refractivity (Wildman–Crippen MR) is 64.1 cm³/mol. The van der Waals surface area contributed by atoms with Crippen LogP contribution in [0.5, 0.6) is 0 Å². The average Bonchev–Trinajstić information content (AvgIpc) is 2.45. The molecule has 2 nitrogen and oxygen atoms in total. The summed E-state index contributed by atoms with van der Waals surface area (Å²) in [6.07, 6.45) is 12.2. The standard InChI is InChI=1S/C14H22O2/c1-2-13(15)16-14-9-5-3-4-6-12(7-10-14)8-11-14/h2,12H,1,3-11H2. The maximum Gasteiger partial charge on any atom is 0.330 e. The molecule has 0 saturated heterocycles. The molecule has 2 heteroatoms. The lowest BCUT2D eigenvalue weighted by Crippen LogP contribution is -2.38. The molecule has 0 unspecified atom stereocenters. The van der Waals surface area contributed by atoms with Crippen molar-refractivity contribution in [2.24, 2.45) is 5.92 Å². The van der Waals surface area contributed by atoms with Crippen LogP contribution in [-0.2, 0) is 9.53 Å². The monoisotopic (exact) mass is 222 g/mol. The summed E-state index contributed by atoms with van der Waals surface area (Å²) in [6, 6.07) is 0. The van der Waals surface area contributed by atoms with E-state index in [1.54, 1.807) is 0 Å². The van der Waals surface area contributed by atoms with Gasteiger partial charge in [-0.2, -0.15) is 0 Å². The zero-order valence-electron chi connectivity index (χ0n) is 10.0. The van der Waals surface area contributed by atoms with Crippen LogP contribution in [0.4, 0.5) is 0 Å². The first-order valence-corrected chi connectivity index (χ1v) is 6.59. The van der Waals surface area contributed by atoms with E-state index in [9.17, 15) is 4.79 Å². The third kappa shape index (κ3) is 2.66. The van der Waals surface area contributed by atoms with E-state index >= 15 is 0 Å². The molecule has 0 radical (unpaired) electrons. The van der Waals surface area contributed by atoms with Crippen molar-refractivity contribution >= 4 is 5.97 Å². The molecular weight excluding hydrogens is 200 g/mol. The van der Waals surface area contributed by atoms with Gasteiger partial charge in [0.25, 0.3) is 0 Å². The molecule has 16 heavy (non-hydrogen) atoms. The summed E-state index contributed by atoms with van der Waals surface area (Å²) in [5, 5.41) is 0. The van der Waals surface area contributed by atoms with E-state index in [4.69, 9.17) is 4.74 Å². The van der Waals surface area contributed by atoms with E-state index in [1.165, 1.54) is 44.6 Å². The Morgan fingerprint density at radius 3 is 2.56 bits per heavy atom. The third-order valence-electron chi connectivity index (χ3n) is 4.24. The number of carbonyl (C=O) groups is 1. The van der Waals surface area contributed by atoms with Gasteiger partial charge in [-0.05, 0) is 44.4 Å². The lowest BCUT2D eigenvalue weighted by Gasteiger charge is -2.38. The molecule has 0 N–H and O–H groups in total. The van der Waals surface area contributed by atoms with Gasteiger partial charge in [-0.3, -0.25) is 0 Å². The fourth-order valence-corrected chi connectivity index (χ4v) is 3.21. The van der Waals surface area contributed by atoms with Gasteiger partial charge in [-0.25, -0.2) is 4.79 Å². The molecule has 3 saturated carbocycles. The minimum Gasteiger partial charge on any atom is -0.456 e. The van der Waals surface area contributed by atoms with Crippen LogP contribution in [-0.4, -0.2) is 11.6 Å². The molecule has 0 aliphatic heterocycles. The number of ether oxygens (including phenoxy) is 1. The highest BCUT2D eigenvalue weighted by Gasteiger charge is 2.38. The van der Waals surface area contributed by atoms with Gasteiger partial charge in [-0.15, -0.1) is 0 Å². The van der Waals surface area contributed by atoms with E-state index < -0.39 is 0 Å². The summed E-state index contributed by atoms with van der Waals surface area (Å²) in [5.74, 6) is 0.645. The van der Waals surface area contributed by atoms with Crippen LogP contribution < -0.4 is 0 Å². The Labute approximate surface area is 98.1 Å². The molecule has 0 aromatic heterocycles. The van der Waals surface area contributed by atoms with E-state index in [0.717, 1.165) is 25.2 Å². The molecule has 3 aliphatic carbocycles. The minimum atomic E-state index is -0.238. The van der Waals surface area contributed by atoms with Crippen molar-refractivity contribution < 1.29 is 9.53 Å². The van der Waals surface area contributed by atoms with Crippen LogP contribution in [0.15, 0.2) is 12.7 Å². The fraction of sp³-hybridized carbons (Fsp3) is 0.786. The molecule has 0 aromatic rings. The first kappa shape index (κ1) is 11.7. The zero-order chi connectivity index (χ0) is 11.4. The van der Waals surface area contributed by atoms with Crippen LogP contribution in [0.1, 0.15) is 57.8 Å². The lowest BCUT2D eigenvalue weighted by atomic mass is 9.76. The van der Waals surface area contributed by atoms with Gasteiger partial charge in [-0.1, -0.05) is 25.8 Å². The second kappa shape index (κ2) is 5.03. The van der Waals surface area contributed by atoms with E-state index in [2.05, 4.69) is 6.58 Å². The largest absolute Gasteiger partial charge is 0.456 e. The van der Waals surface area contributed by atoms with Crippen molar-refractivity contribution in [3.63, 3.8) is 0 Å². The van der Waals surface area contributed by atoms with Crippen molar-refractivity contribution in [3.05, 3.63) is 12.7 Å². The number of hydrogen-bond acceptors (Lipinski definition) is 2. The van der Waals surface area contributed by atoms with Crippen molar-refractivity contribution in [1.82, 2.24) is 0 Å². The van der Waals surface area contributed by atoms with Gasteiger partial charge in [0.2, 0.25) is 0 Å². The van der Waals surface area contributed by atoms with Crippen LogP contribution in [0, 0.1) is 5.92 Å². The van der Waals surface area contributed by atoms with Gasteiger partial charge in [0.15, 0.2) is 0 Å². The smallest absolute Gasteiger partial charge is 0.330 e. The fourth-order valence-electron chi connectivity index (χ4n) is 3.21.